The van der Waals surface area contributed by atoms with Gasteiger partial charge in [-0.15, -0.1) is 24.0 Å². The van der Waals surface area contributed by atoms with E-state index in [9.17, 15) is 8.42 Å². The minimum atomic E-state index is -2.86. The SMILES string of the molecule is CCNC(=NCc1cc2c(cc1OCC)CC(C)O2)NCC1CCS(=O)(=O)C1.I. The highest BCUT2D eigenvalue weighted by Gasteiger charge is 2.27. The van der Waals surface area contributed by atoms with Gasteiger partial charge in [-0.2, -0.15) is 0 Å². The molecule has 2 aliphatic rings. The Bertz CT molecular complexity index is 829. The van der Waals surface area contributed by atoms with Crippen molar-refractivity contribution >= 4 is 39.8 Å². The number of nitrogens with zero attached hydrogens (tertiary/aromatic N) is 1. The molecule has 2 unspecified atom stereocenters. The first-order valence-corrected chi connectivity index (χ1v) is 11.9. The molecule has 0 saturated carbocycles. The summed E-state index contributed by atoms with van der Waals surface area (Å²) in [6.07, 6.45) is 1.79. The van der Waals surface area contributed by atoms with E-state index in [2.05, 4.69) is 28.6 Å². The molecule has 7 nitrogen and oxygen atoms in total. The van der Waals surface area contributed by atoms with Crippen LogP contribution in [-0.4, -0.2) is 51.7 Å². The fourth-order valence-electron chi connectivity index (χ4n) is 3.67. The summed E-state index contributed by atoms with van der Waals surface area (Å²) < 4.78 is 35.0. The van der Waals surface area contributed by atoms with Gasteiger partial charge in [0, 0.05) is 30.6 Å². The average Bonchev–Trinajstić information content (AvgIpc) is 3.17. The van der Waals surface area contributed by atoms with Crippen molar-refractivity contribution < 1.29 is 17.9 Å². The van der Waals surface area contributed by atoms with E-state index < -0.39 is 9.84 Å². The number of hydrogen-bond acceptors (Lipinski definition) is 5. The molecule has 2 N–H and O–H groups in total. The molecule has 1 aromatic carbocycles. The van der Waals surface area contributed by atoms with E-state index in [-0.39, 0.29) is 47.5 Å². The molecule has 0 spiro atoms. The highest BCUT2D eigenvalue weighted by molar-refractivity contribution is 14.0. The van der Waals surface area contributed by atoms with Gasteiger partial charge in [-0.25, -0.2) is 13.4 Å². The number of ether oxygens (including phenoxy) is 2. The standard InChI is InChI=1S/C20H31N3O4S.HI/c1-4-21-20(22-11-15-6-7-28(24,25)13-15)23-12-17-10-19-16(8-14(3)27-19)9-18(17)26-5-2;/h9-10,14-15H,4-8,11-13H2,1-3H3,(H2,21,22,23);1H. The third-order valence-corrected chi connectivity index (χ3v) is 6.85. The van der Waals surface area contributed by atoms with Crippen LogP contribution in [0.5, 0.6) is 11.5 Å². The molecular weight excluding hydrogens is 505 g/mol. The quantitative estimate of drug-likeness (QED) is 0.316. The summed E-state index contributed by atoms with van der Waals surface area (Å²) in [4.78, 5) is 4.68. The number of nitrogens with one attached hydrogen (secondary N) is 2. The van der Waals surface area contributed by atoms with Gasteiger partial charge in [-0.05, 0) is 45.2 Å². The third-order valence-electron chi connectivity index (χ3n) is 5.02. The zero-order chi connectivity index (χ0) is 20.1. The second-order valence-electron chi connectivity index (χ2n) is 7.48. The van der Waals surface area contributed by atoms with Crippen LogP contribution in [-0.2, 0) is 22.8 Å². The fourth-order valence-corrected chi connectivity index (χ4v) is 5.54. The van der Waals surface area contributed by atoms with Crippen LogP contribution in [0.15, 0.2) is 17.1 Å². The first kappa shape index (κ1) is 24.0. The van der Waals surface area contributed by atoms with Crippen LogP contribution < -0.4 is 20.1 Å². The predicted molar refractivity (Wildman–Crippen MR) is 126 cm³/mol. The van der Waals surface area contributed by atoms with Crippen LogP contribution in [0.2, 0.25) is 0 Å². The molecule has 1 saturated heterocycles. The highest BCUT2D eigenvalue weighted by atomic mass is 127. The zero-order valence-electron chi connectivity index (χ0n) is 17.4. The van der Waals surface area contributed by atoms with E-state index in [0.717, 1.165) is 30.0 Å². The van der Waals surface area contributed by atoms with Gasteiger partial charge in [-0.3, -0.25) is 0 Å². The van der Waals surface area contributed by atoms with E-state index in [4.69, 9.17) is 9.47 Å². The molecule has 2 heterocycles. The third kappa shape index (κ3) is 6.63. The highest BCUT2D eigenvalue weighted by Crippen LogP contribution is 2.35. The van der Waals surface area contributed by atoms with Gasteiger partial charge in [0.2, 0.25) is 0 Å². The van der Waals surface area contributed by atoms with Crippen LogP contribution in [0.3, 0.4) is 0 Å². The lowest BCUT2D eigenvalue weighted by Gasteiger charge is -2.15. The Morgan fingerprint density at radius 3 is 2.76 bits per heavy atom. The Morgan fingerprint density at radius 1 is 1.31 bits per heavy atom. The van der Waals surface area contributed by atoms with Gasteiger partial charge in [0.15, 0.2) is 15.8 Å². The lowest BCUT2D eigenvalue weighted by molar-refractivity contribution is 0.254. The van der Waals surface area contributed by atoms with Gasteiger partial charge in [0.05, 0.1) is 24.7 Å². The van der Waals surface area contributed by atoms with Crippen molar-refractivity contribution in [1.29, 1.82) is 0 Å². The topological polar surface area (TPSA) is 89.0 Å². The monoisotopic (exact) mass is 537 g/mol. The van der Waals surface area contributed by atoms with Gasteiger partial charge in [0.25, 0.3) is 0 Å². The normalized spacial score (nSPS) is 22.4. The van der Waals surface area contributed by atoms with Gasteiger partial charge in [0.1, 0.15) is 17.6 Å². The Labute approximate surface area is 191 Å². The summed E-state index contributed by atoms with van der Waals surface area (Å²) in [7, 11) is -2.86. The van der Waals surface area contributed by atoms with Crippen molar-refractivity contribution in [2.45, 2.75) is 46.3 Å². The molecule has 0 aromatic heterocycles. The maximum Gasteiger partial charge on any atom is 0.191 e. The molecule has 2 atom stereocenters. The molecule has 2 aliphatic heterocycles. The van der Waals surface area contributed by atoms with E-state index in [1.165, 1.54) is 5.56 Å². The van der Waals surface area contributed by atoms with Gasteiger partial charge >= 0.3 is 0 Å². The van der Waals surface area contributed by atoms with Crippen LogP contribution in [0.25, 0.3) is 0 Å². The van der Waals surface area contributed by atoms with Crippen molar-refractivity contribution in [3.05, 3.63) is 23.3 Å². The smallest absolute Gasteiger partial charge is 0.191 e. The molecule has 0 radical (unpaired) electrons. The molecule has 29 heavy (non-hydrogen) atoms. The lowest BCUT2D eigenvalue weighted by atomic mass is 10.1. The molecule has 0 amide bonds. The first-order chi connectivity index (χ1) is 13.4. The minimum absolute atomic E-state index is 0. The number of benzene rings is 1. The number of hydrogen-bond donors (Lipinski definition) is 2. The second kappa shape index (κ2) is 10.7. The van der Waals surface area contributed by atoms with Gasteiger partial charge < -0.3 is 20.1 Å². The maximum atomic E-state index is 11.6. The van der Waals surface area contributed by atoms with Crippen LogP contribution in [0.1, 0.15) is 38.3 Å². The van der Waals surface area contributed by atoms with E-state index in [1.54, 1.807) is 0 Å². The summed E-state index contributed by atoms with van der Waals surface area (Å²) in [6, 6.07) is 4.09. The molecule has 0 bridgehead atoms. The molecule has 3 rings (SSSR count). The number of fused-ring (bicyclic) bond motifs is 1. The molecule has 1 aromatic rings. The predicted octanol–water partition coefficient (Wildman–Crippen LogP) is 2.52. The lowest BCUT2D eigenvalue weighted by Crippen LogP contribution is -2.40. The van der Waals surface area contributed by atoms with Gasteiger partial charge in [-0.1, -0.05) is 0 Å². The molecular formula is C20H32IN3O4S. The Balaban J connectivity index is 0.00000300. The summed E-state index contributed by atoms with van der Waals surface area (Å²) >= 11 is 0. The second-order valence-corrected chi connectivity index (χ2v) is 9.71. The minimum Gasteiger partial charge on any atom is -0.494 e. The van der Waals surface area contributed by atoms with Crippen molar-refractivity contribution in [3.8, 4) is 11.5 Å². The van der Waals surface area contributed by atoms with Crippen molar-refractivity contribution in [1.82, 2.24) is 10.6 Å². The molecule has 164 valence electrons. The number of guanidine groups is 1. The van der Waals surface area contributed by atoms with Crippen LogP contribution >= 0.6 is 24.0 Å². The summed E-state index contributed by atoms with van der Waals surface area (Å²) in [5.74, 6) is 3.13. The number of sulfone groups is 1. The molecule has 1 fully saturated rings. The largest absolute Gasteiger partial charge is 0.494 e. The zero-order valence-corrected chi connectivity index (χ0v) is 20.5. The van der Waals surface area contributed by atoms with Crippen LogP contribution in [0.4, 0.5) is 0 Å². The Kier molecular flexibility index (Phi) is 8.87. The molecule has 9 heteroatoms. The fraction of sp³-hybridized carbons (Fsp3) is 0.650. The van der Waals surface area contributed by atoms with Crippen molar-refractivity contribution in [2.24, 2.45) is 10.9 Å². The number of rotatable bonds is 7. The Morgan fingerprint density at radius 2 is 2.10 bits per heavy atom. The van der Waals surface area contributed by atoms with Crippen molar-refractivity contribution in [3.63, 3.8) is 0 Å². The van der Waals surface area contributed by atoms with E-state index in [0.29, 0.717) is 32.1 Å². The van der Waals surface area contributed by atoms with E-state index in [1.807, 2.05) is 19.9 Å². The van der Waals surface area contributed by atoms with Crippen molar-refractivity contribution in [2.75, 3.05) is 31.2 Å². The summed E-state index contributed by atoms with van der Waals surface area (Å²) in [5.41, 5.74) is 2.16. The first-order valence-electron chi connectivity index (χ1n) is 10.1. The summed E-state index contributed by atoms with van der Waals surface area (Å²) in [6.45, 7) is 8.44. The Hall–Kier alpha value is -1.23. The average molecular weight is 537 g/mol. The summed E-state index contributed by atoms with van der Waals surface area (Å²) in [5, 5.41) is 6.51. The maximum absolute atomic E-state index is 11.6. The van der Waals surface area contributed by atoms with E-state index >= 15 is 0 Å². The number of aliphatic imine (C=N–C) groups is 1. The van der Waals surface area contributed by atoms with Crippen LogP contribution in [0, 0.1) is 5.92 Å². The molecule has 0 aliphatic carbocycles. The number of halogens is 1.